The molecule has 0 aliphatic carbocycles. The Hall–Kier alpha value is -3.00. The average Bonchev–Trinajstić information content (AvgIpc) is 2.88. The Morgan fingerprint density at radius 3 is 2.50 bits per heavy atom. The largest absolute Gasteiger partial charge is 0.397 e. The lowest BCUT2D eigenvalue weighted by molar-refractivity contribution is 0.135. The number of nitrogens with two attached hydrogens (primary N) is 2. The van der Waals surface area contributed by atoms with Crippen LogP contribution in [-0.2, 0) is 14.9 Å². The molecule has 38 heavy (non-hydrogen) atoms. The molecule has 0 aliphatic heterocycles. The standard InChI is InChI=1S/C31H47N5O2/c1-23(2)9-8-19-38-20-18-35-30(36-27-14-12-26(13-15-27)31(4,5)22-37-6)25(21-32)11-16-28(33)29-24(3)10-7-17-34-29/h7,10-17,23H,8-9,18-22,32-33H2,1-6H3,(H,35,36)/b25-11+,28-16-. The van der Waals surface area contributed by atoms with E-state index in [4.69, 9.17) is 25.9 Å². The van der Waals surface area contributed by atoms with Gasteiger partial charge in [0.2, 0.25) is 0 Å². The lowest BCUT2D eigenvalue weighted by Gasteiger charge is -2.24. The van der Waals surface area contributed by atoms with Gasteiger partial charge in [-0.2, -0.15) is 0 Å². The number of nitrogens with one attached hydrogen (secondary N) is 1. The van der Waals surface area contributed by atoms with Crippen molar-refractivity contribution in [2.75, 3.05) is 45.3 Å². The number of amidine groups is 1. The fourth-order valence-electron chi connectivity index (χ4n) is 4.03. The molecule has 1 heterocycles. The number of methoxy groups -OCH3 is 1. The molecule has 0 spiro atoms. The summed E-state index contributed by atoms with van der Waals surface area (Å²) in [6.45, 7) is 13.5. The molecule has 0 amide bonds. The average molecular weight is 522 g/mol. The number of allylic oxidation sites excluding steroid dienone is 2. The highest BCUT2D eigenvalue weighted by molar-refractivity contribution is 6.08. The SMILES string of the molecule is COCC(C)(C)c1ccc(NC(=NCCOCCCC(C)C)/C(=C/C=C(\N)c2ncccc2C)CN)cc1. The predicted octanol–water partition coefficient (Wildman–Crippen LogP) is 5.46. The van der Waals surface area contributed by atoms with Crippen LogP contribution in [0.1, 0.15) is 57.4 Å². The topological polar surface area (TPSA) is 108 Å². The van der Waals surface area contributed by atoms with Crippen molar-refractivity contribution in [3.63, 3.8) is 0 Å². The smallest absolute Gasteiger partial charge is 0.129 e. The Morgan fingerprint density at radius 1 is 1.13 bits per heavy atom. The van der Waals surface area contributed by atoms with Gasteiger partial charge in [-0.15, -0.1) is 0 Å². The number of benzene rings is 1. The van der Waals surface area contributed by atoms with Gasteiger partial charge in [0.25, 0.3) is 0 Å². The molecule has 1 aromatic heterocycles. The van der Waals surface area contributed by atoms with E-state index in [2.05, 4.69) is 62.3 Å². The zero-order valence-corrected chi connectivity index (χ0v) is 24.1. The van der Waals surface area contributed by atoms with E-state index in [1.807, 2.05) is 31.2 Å². The van der Waals surface area contributed by atoms with Crippen LogP contribution in [0.4, 0.5) is 5.69 Å². The Bertz CT molecular complexity index is 1070. The number of aryl methyl sites for hydroxylation is 1. The molecule has 2 rings (SSSR count). The zero-order valence-electron chi connectivity index (χ0n) is 24.1. The second-order valence-corrected chi connectivity index (χ2v) is 10.6. The molecule has 1 aromatic carbocycles. The molecule has 0 saturated heterocycles. The quantitative estimate of drug-likeness (QED) is 0.124. The third kappa shape index (κ3) is 10.4. The van der Waals surface area contributed by atoms with Crippen molar-refractivity contribution in [1.82, 2.24) is 4.98 Å². The summed E-state index contributed by atoms with van der Waals surface area (Å²) in [5, 5.41) is 3.46. The van der Waals surface area contributed by atoms with E-state index in [9.17, 15) is 0 Å². The summed E-state index contributed by atoms with van der Waals surface area (Å²) in [5.74, 6) is 1.38. The minimum absolute atomic E-state index is 0.0780. The minimum Gasteiger partial charge on any atom is -0.397 e. The molecular weight excluding hydrogens is 474 g/mol. The van der Waals surface area contributed by atoms with Gasteiger partial charge < -0.3 is 26.3 Å². The molecule has 0 fully saturated rings. The minimum atomic E-state index is -0.0780. The number of rotatable bonds is 15. The van der Waals surface area contributed by atoms with Crippen molar-refractivity contribution < 1.29 is 9.47 Å². The van der Waals surface area contributed by atoms with E-state index in [1.165, 1.54) is 5.56 Å². The fraction of sp³-hybridized carbons (Fsp3) is 0.484. The van der Waals surface area contributed by atoms with Gasteiger partial charge in [-0.05, 0) is 61.1 Å². The van der Waals surface area contributed by atoms with Gasteiger partial charge in [0, 0.05) is 43.1 Å². The first kappa shape index (κ1) is 31.2. The van der Waals surface area contributed by atoms with Crippen molar-refractivity contribution >= 4 is 17.2 Å². The zero-order chi connectivity index (χ0) is 28.0. The number of nitrogens with zero attached hydrogens (tertiary/aromatic N) is 2. The highest BCUT2D eigenvalue weighted by Crippen LogP contribution is 2.25. The predicted molar refractivity (Wildman–Crippen MR) is 160 cm³/mol. The maximum atomic E-state index is 6.35. The Labute approximate surface area is 229 Å². The molecule has 5 N–H and O–H groups in total. The lowest BCUT2D eigenvalue weighted by atomic mass is 9.85. The molecule has 0 radical (unpaired) electrons. The molecule has 0 saturated carbocycles. The maximum Gasteiger partial charge on any atom is 0.129 e. The van der Waals surface area contributed by atoms with Crippen LogP contribution in [0.3, 0.4) is 0 Å². The van der Waals surface area contributed by atoms with Gasteiger partial charge in [-0.3, -0.25) is 9.98 Å². The van der Waals surface area contributed by atoms with Crippen molar-refractivity contribution in [2.24, 2.45) is 22.4 Å². The summed E-state index contributed by atoms with van der Waals surface area (Å²) < 4.78 is 11.2. The van der Waals surface area contributed by atoms with Crippen LogP contribution in [0.25, 0.3) is 5.70 Å². The first-order valence-corrected chi connectivity index (χ1v) is 13.5. The van der Waals surface area contributed by atoms with Gasteiger partial charge >= 0.3 is 0 Å². The van der Waals surface area contributed by atoms with Gasteiger partial charge in [0.1, 0.15) is 5.84 Å². The van der Waals surface area contributed by atoms with Crippen molar-refractivity contribution in [3.05, 3.63) is 77.1 Å². The number of aromatic nitrogens is 1. The molecule has 0 unspecified atom stereocenters. The molecule has 2 aromatic rings. The second kappa shape index (κ2) is 16.1. The molecular formula is C31H47N5O2. The Morgan fingerprint density at radius 2 is 1.87 bits per heavy atom. The third-order valence-electron chi connectivity index (χ3n) is 6.28. The number of pyridine rings is 1. The van der Waals surface area contributed by atoms with E-state index in [0.29, 0.717) is 43.8 Å². The number of aliphatic imine (C=N–C) groups is 1. The summed E-state index contributed by atoms with van der Waals surface area (Å²) in [7, 11) is 1.73. The summed E-state index contributed by atoms with van der Waals surface area (Å²) in [4.78, 5) is 9.22. The van der Waals surface area contributed by atoms with E-state index in [1.54, 1.807) is 13.3 Å². The first-order valence-electron chi connectivity index (χ1n) is 13.5. The van der Waals surface area contributed by atoms with Crippen molar-refractivity contribution in [1.29, 1.82) is 0 Å². The van der Waals surface area contributed by atoms with Crippen LogP contribution < -0.4 is 16.8 Å². The van der Waals surface area contributed by atoms with E-state index in [-0.39, 0.29) is 5.41 Å². The van der Waals surface area contributed by atoms with Crippen LogP contribution in [0.5, 0.6) is 0 Å². The van der Waals surface area contributed by atoms with Gasteiger partial charge in [-0.25, -0.2) is 0 Å². The monoisotopic (exact) mass is 521 g/mol. The number of hydrogen-bond donors (Lipinski definition) is 3. The Kier molecular flexibility index (Phi) is 13.2. The molecule has 7 heteroatoms. The molecule has 208 valence electrons. The van der Waals surface area contributed by atoms with E-state index < -0.39 is 0 Å². The van der Waals surface area contributed by atoms with Crippen LogP contribution >= 0.6 is 0 Å². The number of hydrogen-bond acceptors (Lipinski definition) is 6. The lowest BCUT2D eigenvalue weighted by Crippen LogP contribution is -2.24. The molecule has 7 nitrogen and oxygen atoms in total. The molecule has 0 bridgehead atoms. The third-order valence-corrected chi connectivity index (χ3v) is 6.28. The summed E-state index contributed by atoms with van der Waals surface area (Å²) >= 11 is 0. The normalized spacial score (nSPS) is 13.3. The fourth-order valence-corrected chi connectivity index (χ4v) is 4.03. The van der Waals surface area contributed by atoms with Crippen molar-refractivity contribution in [3.8, 4) is 0 Å². The maximum absolute atomic E-state index is 6.35. The highest BCUT2D eigenvalue weighted by atomic mass is 16.5. The van der Waals surface area contributed by atoms with Gasteiger partial charge in [-0.1, -0.05) is 52.0 Å². The summed E-state index contributed by atoms with van der Waals surface area (Å²) in [5.41, 5.74) is 17.8. The van der Waals surface area contributed by atoms with Gasteiger partial charge in [0.05, 0.1) is 31.1 Å². The molecule has 0 atom stereocenters. The van der Waals surface area contributed by atoms with Crippen LogP contribution in [0.2, 0.25) is 0 Å². The highest BCUT2D eigenvalue weighted by Gasteiger charge is 2.20. The summed E-state index contributed by atoms with van der Waals surface area (Å²) in [6.07, 6.45) is 7.71. The van der Waals surface area contributed by atoms with Crippen LogP contribution in [0, 0.1) is 12.8 Å². The van der Waals surface area contributed by atoms with Crippen LogP contribution in [-0.4, -0.2) is 50.8 Å². The van der Waals surface area contributed by atoms with E-state index in [0.717, 1.165) is 42.0 Å². The number of ether oxygens (including phenoxy) is 2. The van der Waals surface area contributed by atoms with Crippen molar-refractivity contribution in [2.45, 2.75) is 52.9 Å². The summed E-state index contributed by atoms with van der Waals surface area (Å²) in [6, 6.07) is 12.2. The second-order valence-electron chi connectivity index (χ2n) is 10.6. The molecule has 0 aliphatic rings. The Balaban J connectivity index is 2.24. The van der Waals surface area contributed by atoms with Crippen LogP contribution in [0.15, 0.2) is 65.3 Å². The number of anilines is 1. The van der Waals surface area contributed by atoms with E-state index >= 15 is 0 Å². The van der Waals surface area contributed by atoms with Gasteiger partial charge in [0.15, 0.2) is 0 Å². The first-order chi connectivity index (χ1) is 18.2.